The van der Waals surface area contributed by atoms with Crippen molar-refractivity contribution in [3.63, 3.8) is 0 Å². The minimum absolute atomic E-state index is 0.293. The molecule has 2 unspecified atom stereocenters. The summed E-state index contributed by atoms with van der Waals surface area (Å²) in [5.41, 5.74) is 6.63. The maximum absolute atomic E-state index is 2.96. The molecule has 0 saturated carbocycles. The average Bonchev–Trinajstić information content (AvgIpc) is 2.96. The van der Waals surface area contributed by atoms with Gasteiger partial charge < -0.3 is 0 Å². The number of rotatable bonds is 0. The number of fused-ring (bicyclic) bond motifs is 4. The van der Waals surface area contributed by atoms with E-state index in [1.54, 1.807) is 22.3 Å². The normalized spacial score (nSPS) is 18.6. The molecule has 0 fully saturated rings. The van der Waals surface area contributed by atoms with Gasteiger partial charge in [-0.1, -0.05) is 36.4 Å². The van der Waals surface area contributed by atoms with Crippen LogP contribution in [0.1, 0.15) is 35.1 Å². The molecule has 0 aliphatic heterocycles. The van der Waals surface area contributed by atoms with Crippen molar-refractivity contribution in [1.29, 1.82) is 0 Å². The number of hydrogen-bond donors (Lipinski definition) is 0. The van der Waals surface area contributed by atoms with Crippen LogP contribution in [-0.4, -0.2) is 0 Å². The van der Waals surface area contributed by atoms with Gasteiger partial charge in [0.2, 0.25) is 0 Å². The van der Waals surface area contributed by atoms with E-state index in [1.165, 1.54) is 36.3 Å². The lowest BCUT2D eigenvalue weighted by Crippen LogP contribution is -2.29. The first-order valence-electron chi connectivity index (χ1n) is 6.98. The van der Waals surface area contributed by atoms with Crippen molar-refractivity contribution in [1.82, 2.24) is 0 Å². The van der Waals surface area contributed by atoms with E-state index < -0.39 is 0 Å². The molecular formula is C17H18P2. The lowest BCUT2D eigenvalue weighted by Gasteiger charge is -2.29. The first-order valence-corrected chi connectivity index (χ1v) is 8.13. The third kappa shape index (κ3) is 1.54. The minimum Gasteiger partial charge on any atom is -0.105 e. The van der Waals surface area contributed by atoms with E-state index in [0.717, 1.165) is 0 Å². The molecule has 0 amide bonds. The molecule has 19 heavy (non-hydrogen) atoms. The highest BCUT2D eigenvalue weighted by Gasteiger charge is 2.46. The van der Waals surface area contributed by atoms with E-state index in [1.807, 2.05) is 0 Å². The molecule has 2 aromatic rings. The maximum atomic E-state index is 2.96. The van der Waals surface area contributed by atoms with Crippen molar-refractivity contribution in [3.8, 4) is 0 Å². The highest BCUT2D eigenvalue weighted by Crippen LogP contribution is 2.51. The molecule has 0 N–H and O–H groups in total. The summed E-state index contributed by atoms with van der Waals surface area (Å²) in [4.78, 5) is 0. The summed E-state index contributed by atoms with van der Waals surface area (Å²) in [6.45, 7) is 0. The van der Waals surface area contributed by atoms with Crippen molar-refractivity contribution >= 4 is 29.1 Å². The fourth-order valence-electron chi connectivity index (χ4n) is 4.27. The second-order valence-electron chi connectivity index (χ2n) is 5.84. The van der Waals surface area contributed by atoms with Crippen molar-refractivity contribution in [3.05, 3.63) is 58.7 Å². The van der Waals surface area contributed by atoms with Gasteiger partial charge in [0.25, 0.3) is 0 Å². The summed E-state index contributed by atoms with van der Waals surface area (Å²) in [7, 11) is 5.92. The van der Waals surface area contributed by atoms with Gasteiger partial charge in [-0.3, -0.25) is 0 Å². The number of hydrogen-bond acceptors (Lipinski definition) is 0. The Hall–Kier alpha value is -0.700. The van der Waals surface area contributed by atoms with Crippen molar-refractivity contribution < 1.29 is 0 Å². The van der Waals surface area contributed by atoms with Crippen molar-refractivity contribution in [2.24, 2.45) is 0 Å². The van der Waals surface area contributed by atoms with Crippen LogP contribution in [0.3, 0.4) is 0 Å². The summed E-state index contributed by atoms with van der Waals surface area (Å²) in [6.07, 6.45) is 5.03. The van der Waals surface area contributed by atoms with Crippen molar-refractivity contribution in [2.75, 3.05) is 0 Å². The van der Waals surface area contributed by atoms with Crippen LogP contribution in [0.5, 0.6) is 0 Å². The van der Waals surface area contributed by atoms with Gasteiger partial charge in [0.1, 0.15) is 0 Å². The van der Waals surface area contributed by atoms with Crippen LogP contribution in [-0.2, 0) is 18.3 Å². The topological polar surface area (TPSA) is 0 Å². The Morgan fingerprint density at radius 2 is 1.21 bits per heavy atom. The van der Waals surface area contributed by atoms with Crippen LogP contribution >= 0.6 is 18.5 Å². The monoisotopic (exact) mass is 284 g/mol. The van der Waals surface area contributed by atoms with Gasteiger partial charge in [-0.25, -0.2) is 0 Å². The zero-order valence-corrected chi connectivity index (χ0v) is 13.3. The van der Waals surface area contributed by atoms with Gasteiger partial charge in [0.05, 0.1) is 0 Å². The molecule has 2 aliphatic rings. The fourth-order valence-corrected chi connectivity index (χ4v) is 5.42. The Bertz CT molecular complexity index is 613. The summed E-state index contributed by atoms with van der Waals surface area (Å²) < 4.78 is 0. The molecule has 0 saturated heterocycles. The van der Waals surface area contributed by atoms with Gasteiger partial charge in [0.15, 0.2) is 0 Å². The molecule has 0 radical (unpaired) electrons. The first kappa shape index (κ1) is 12.1. The van der Waals surface area contributed by atoms with E-state index in [-0.39, 0.29) is 0 Å². The number of aryl methyl sites for hydroxylation is 2. The minimum atomic E-state index is 0.293. The van der Waals surface area contributed by atoms with E-state index in [9.17, 15) is 0 Å². The molecule has 0 heterocycles. The molecule has 2 aromatic carbocycles. The van der Waals surface area contributed by atoms with Crippen LogP contribution in [0.15, 0.2) is 36.4 Å². The standard InChI is InChI=1S/C17H18P2/c18-13-5-1-3-11-7-9-17(15(11)13)10-8-12-4-2-6-14(19)16(12)17/h1-6H,7-10,18-19H2. The lowest BCUT2D eigenvalue weighted by atomic mass is 9.76. The Labute approximate surface area is 119 Å². The highest BCUT2D eigenvalue weighted by atomic mass is 31.0. The molecule has 2 aliphatic carbocycles. The Kier molecular flexibility index (Phi) is 2.63. The Balaban J connectivity index is 2.03. The van der Waals surface area contributed by atoms with Gasteiger partial charge in [-0.15, -0.1) is 18.5 Å². The van der Waals surface area contributed by atoms with E-state index in [4.69, 9.17) is 0 Å². The van der Waals surface area contributed by atoms with Crippen LogP contribution < -0.4 is 10.6 Å². The smallest absolute Gasteiger partial charge is 0.0226 e. The molecule has 0 nitrogen and oxygen atoms in total. The van der Waals surface area contributed by atoms with E-state index >= 15 is 0 Å². The molecule has 2 heteroatoms. The van der Waals surface area contributed by atoms with Gasteiger partial charge in [-0.2, -0.15) is 0 Å². The SMILES string of the molecule is Pc1cccc2c1C1(CC2)CCc2cccc(P)c21. The zero-order valence-electron chi connectivity index (χ0n) is 10.9. The second kappa shape index (κ2) is 4.15. The molecule has 96 valence electrons. The summed E-state index contributed by atoms with van der Waals surface area (Å²) in [5, 5.41) is 2.80. The third-order valence-corrected chi connectivity index (χ3v) is 5.93. The molecule has 0 bridgehead atoms. The molecule has 0 aromatic heterocycles. The average molecular weight is 284 g/mol. The lowest BCUT2D eigenvalue weighted by molar-refractivity contribution is 0.512. The summed E-state index contributed by atoms with van der Waals surface area (Å²) in [5.74, 6) is 0. The van der Waals surface area contributed by atoms with Crippen LogP contribution in [0.2, 0.25) is 0 Å². The molecular weight excluding hydrogens is 266 g/mol. The second-order valence-corrected chi connectivity index (χ2v) is 7.09. The van der Waals surface area contributed by atoms with Gasteiger partial charge in [0, 0.05) is 5.41 Å². The maximum Gasteiger partial charge on any atom is 0.0226 e. The van der Waals surface area contributed by atoms with Crippen LogP contribution in [0, 0.1) is 0 Å². The zero-order chi connectivity index (χ0) is 13.0. The molecule has 1 spiro atoms. The quantitative estimate of drug-likeness (QED) is 0.653. The number of benzene rings is 2. The van der Waals surface area contributed by atoms with Crippen molar-refractivity contribution in [2.45, 2.75) is 31.1 Å². The van der Waals surface area contributed by atoms with Gasteiger partial charge >= 0.3 is 0 Å². The first-order chi connectivity index (χ1) is 9.22. The molecule has 2 atom stereocenters. The summed E-state index contributed by atoms with van der Waals surface area (Å²) in [6, 6.07) is 13.5. The predicted octanol–water partition coefficient (Wildman–Crippen LogP) is 2.87. The van der Waals surface area contributed by atoms with Crippen LogP contribution in [0.4, 0.5) is 0 Å². The van der Waals surface area contributed by atoms with Gasteiger partial charge in [-0.05, 0) is 58.5 Å². The predicted molar refractivity (Wildman–Crippen MR) is 89.0 cm³/mol. The van der Waals surface area contributed by atoms with E-state index in [2.05, 4.69) is 54.9 Å². The Morgan fingerprint density at radius 1 is 0.737 bits per heavy atom. The Morgan fingerprint density at radius 3 is 1.68 bits per heavy atom. The third-order valence-electron chi connectivity index (χ3n) is 4.97. The fraction of sp³-hybridized carbons (Fsp3) is 0.294. The largest absolute Gasteiger partial charge is 0.105 e. The highest BCUT2D eigenvalue weighted by molar-refractivity contribution is 7.28. The van der Waals surface area contributed by atoms with Crippen LogP contribution in [0.25, 0.3) is 0 Å². The van der Waals surface area contributed by atoms with E-state index in [0.29, 0.717) is 5.41 Å². The summed E-state index contributed by atoms with van der Waals surface area (Å²) >= 11 is 0. The molecule has 4 rings (SSSR count).